The molecule has 5 heteroatoms. The molecule has 0 unspecified atom stereocenters. The van der Waals surface area contributed by atoms with E-state index in [4.69, 9.17) is 0 Å². The number of anilines is 2. The van der Waals surface area contributed by atoms with Gasteiger partial charge in [0.15, 0.2) is 0 Å². The van der Waals surface area contributed by atoms with Gasteiger partial charge in [-0.3, -0.25) is 4.31 Å². The zero-order valence-corrected chi connectivity index (χ0v) is 13.7. The van der Waals surface area contributed by atoms with Crippen molar-refractivity contribution in [1.82, 2.24) is 0 Å². The quantitative estimate of drug-likeness (QED) is 0.916. The van der Waals surface area contributed by atoms with Gasteiger partial charge >= 0.3 is 0 Å². The third-order valence-corrected chi connectivity index (χ3v) is 5.64. The van der Waals surface area contributed by atoms with E-state index < -0.39 is 10.0 Å². The van der Waals surface area contributed by atoms with E-state index in [1.807, 2.05) is 42.5 Å². The Labute approximate surface area is 137 Å². The summed E-state index contributed by atoms with van der Waals surface area (Å²) in [4.78, 5) is 0. The molecule has 1 N–H and O–H groups in total. The van der Waals surface area contributed by atoms with Crippen LogP contribution in [-0.2, 0) is 10.0 Å². The minimum atomic E-state index is -3.13. The van der Waals surface area contributed by atoms with Crippen LogP contribution < -0.4 is 9.62 Å². The van der Waals surface area contributed by atoms with Gasteiger partial charge in [-0.05, 0) is 30.2 Å². The van der Waals surface area contributed by atoms with Gasteiger partial charge in [-0.15, -0.1) is 0 Å². The fraction of sp³-hybridized carbons (Fsp3) is 0.222. The van der Waals surface area contributed by atoms with Crippen LogP contribution in [0.15, 0.2) is 60.7 Å². The second-order valence-corrected chi connectivity index (χ2v) is 7.50. The summed E-state index contributed by atoms with van der Waals surface area (Å²) in [7, 11) is -3.13. The standard InChI is InChI=1S/C18H20N2O2S/c21-23(22)14-6-13-20(23)18-11-4-10-17(15-18)19-12-5-9-16-7-2-1-3-8-16/h1-5,7-11,15,19H,6,12-14H2/b9-5+. The van der Waals surface area contributed by atoms with Crippen LogP contribution in [0.4, 0.5) is 11.4 Å². The molecule has 0 atom stereocenters. The Hall–Kier alpha value is -2.27. The zero-order chi connectivity index (χ0) is 16.1. The number of hydrogen-bond acceptors (Lipinski definition) is 3. The molecule has 2 aromatic rings. The van der Waals surface area contributed by atoms with E-state index >= 15 is 0 Å². The maximum Gasteiger partial charge on any atom is 0.235 e. The van der Waals surface area contributed by atoms with Gasteiger partial charge < -0.3 is 5.32 Å². The third kappa shape index (κ3) is 3.93. The lowest BCUT2D eigenvalue weighted by atomic mass is 10.2. The molecule has 0 aromatic heterocycles. The molecule has 3 rings (SSSR count). The molecule has 1 fully saturated rings. The number of hydrogen-bond donors (Lipinski definition) is 1. The highest BCUT2D eigenvalue weighted by Gasteiger charge is 2.28. The topological polar surface area (TPSA) is 49.4 Å². The number of nitrogens with one attached hydrogen (secondary N) is 1. The first kappa shape index (κ1) is 15.6. The van der Waals surface area contributed by atoms with Crippen molar-refractivity contribution in [2.45, 2.75) is 6.42 Å². The Balaban J connectivity index is 1.63. The van der Waals surface area contributed by atoms with E-state index in [0.717, 1.165) is 16.9 Å². The molecule has 0 spiro atoms. The summed E-state index contributed by atoms with van der Waals surface area (Å²) in [5, 5.41) is 3.30. The summed E-state index contributed by atoms with van der Waals surface area (Å²) in [5.74, 6) is 0.241. The molecule has 1 aliphatic rings. The van der Waals surface area contributed by atoms with E-state index in [0.29, 0.717) is 19.5 Å². The predicted octanol–water partition coefficient (Wildman–Crippen LogP) is 3.35. The van der Waals surface area contributed by atoms with Crippen LogP contribution in [0.2, 0.25) is 0 Å². The van der Waals surface area contributed by atoms with Crippen molar-refractivity contribution < 1.29 is 8.42 Å². The number of benzene rings is 2. The zero-order valence-electron chi connectivity index (χ0n) is 12.9. The number of rotatable bonds is 5. The van der Waals surface area contributed by atoms with Crippen molar-refractivity contribution >= 4 is 27.5 Å². The van der Waals surface area contributed by atoms with Crippen molar-refractivity contribution in [3.63, 3.8) is 0 Å². The Morgan fingerprint density at radius 1 is 1.09 bits per heavy atom. The van der Waals surface area contributed by atoms with Gasteiger partial charge in [0.2, 0.25) is 10.0 Å². The first-order valence-corrected chi connectivity index (χ1v) is 9.32. The predicted molar refractivity (Wildman–Crippen MR) is 96.2 cm³/mol. The van der Waals surface area contributed by atoms with Crippen molar-refractivity contribution in [2.75, 3.05) is 28.5 Å². The van der Waals surface area contributed by atoms with Crippen molar-refractivity contribution in [3.8, 4) is 0 Å². The summed E-state index contributed by atoms with van der Waals surface area (Å²) in [6.45, 7) is 1.25. The van der Waals surface area contributed by atoms with Gasteiger partial charge in [-0.25, -0.2) is 8.42 Å². The van der Waals surface area contributed by atoms with Crippen LogP contribution in [0.25, 0.3) is 6.08 Å². The smallest absolute Gasteiger partial charge is 0.235 e. The summed E-state index contributed by atoms with van der Waals surface area (Å²) in [6, 6.07) is 17.7. The summed E-state index contributed by atoms with van der Waals surface area (Å²) in [6.07, 6.45) is 4.80. The molecule has 23 heavy (non-hydrogen) atoms. The van der Waals surface area contributed by atoms with Crippen LogP contribution in [0.5, 0.6) is 0 Å². The SMILES string of the molecule is O=S1(=O)CCCN1c1cccc(NC/C=C/c2ccccc2)c1. The van der Waals surface area contributed by atoms with Crippen molar-refractivity contribution in [2.24, 2.45) is 0 Å². The number of nitrogens with zero attached hydrogens (tertiary/aromatic N) is 1. The molecule has 0 bridgehead atoms. The van der Waals surface area contributed by atoms with Gasteiger partial charge in [0.25, 0.3) is 0 Å². The Kier molecular flexibility index (Phi) is 4.67. The van der Waals surface area contributed by atoms with Crippen LogP contribution in [0.3, 0.4) is 0 Å². The largest absolute Gasteiger partial charge is 0.382 e. The first-order valence-electron chi connectivity index (χ1n) is 7.71. The van der Waals surface area contributed by atoms with E-state index in [2.05, 4.69) is 29.6 Å². The number of sulfonamides is 1. The van der Waals surface area contributed by atoms with Gasteiger partial charge in [0.05, 0.1) is 11.4 Å². The molecule has 1 aliphatic heterocycles. The minimum absolute atomic E-state index is 0.241. The fourth-order valence-corrected chi connectivity index (χ4v) is 4.19. The average Bonchev–Trinajstić information content (AvgIpc) is 2.92. The lowest BCUT2D eigenvalue weighted by molar-refractivity contribution is 0.599. The highest BCUT2D eigenvalue weighted by Crippen LogP contribution is 2.26. The molecular weight excluding hydrogens is 308 g/mol. The molecule has 4 nitrogen and oxygen atoms in total. The Morgan fingerprint density at radius 3 is 2.65 bits per heavy atom. The molecular formula is C18H20N2O2S. The van der Waals surface area contributed by atoms with Crippen LogP contribution >= 0.6 is 0 Å². The molecule has 120 valence electrons. The van der Waals surface area contributed by atoms with E-state index in [1.165, 1.54) is 4.31 Å². The summed E-state index contributed by atoms with van der Waals surface area (Å²) >= 11 is 0. The van der Waals surface area contributed by atoms with Gasteiger partial charge in [0, 0.05) is 18.8 Å². The molecule has 1 heterocycles. The first-order chi connectivity index (χ1) is 11.1. The van der Waals surface area contributed by atoms with Gasteiger partial charge in [-0.1, -0.05) is 48.6 Å². The molecule has 0 amide bonds. The van der Waals surface area contributed by atoms with Crippen molar-refractivity contribution in [1.29, 1.82) is 0 Å². The second kappa shape index (κ2) is 6.87. The van der Waals surface area contributed by atoms with Crippen molar-refractivity contribution in [3.05, 3.63) is 66.2 Å². The lowest BCUT2D eigenvalue weighted by Crippen LogP contribution is -2.25. The fourth-order valence-electron chi connectivity index (χ4n) is 2.64. The highest BCUT2D eigenvalue weighted by atomic mass is 32.2. The minimum Gasteiger partial charge on any atom is -0.382 e. The van der Waals surface area contributed by atoms with Crippen LogP contribution in [0.1, 0.15) is 12.0 Å². The maximum atomic E-state index is 12.0. The summed E-state index contributed by atoms with van der Waals surface area (Å²) in [5.41, 5.74) is 2.81. The van der Waals surface area contributed by atoms with E-state index in [-0.39, 0.29) is 5.75 Å². The molecule has 0 radical (unpaired) electrons. The maximum absolute atomic E-state index is 12.0. The monoisotopic (exact) mass is 328 g/mol. The lowest BCUT2D eigenvalue weighted by Gasteiger charge is -2.17. The normalized spacial score (nSPS) is 16.8. The third-order valence-electron chi connectivity index (χ3n) is 3.77. The van der Waals surface area contributed by atoms with Gasteiger partial charge in [0.1, 0.15) is 0 Å². The average molecular weight is 328 g/mol. The Morgan fingerprint density at radius 2 is 1.91 bits per heavy atom. The van der Waals surface area contributed by atoms with Crippen LogP contribution in [-0.4, -0.2) is 27.3 Å². The molecule has 0 aliphatic carbocycles. The Bertz CT molecular complexity index is 786. The molecule has 2 aromatic carbocycles. The van der Waals surface area contributed by atoms with E-state index in [9.17, 15) is 8.42 Å². The second-order valence-electron chi connectivity index (χ2n) is 5.49. The molecule has 0 saturated carbocycles. The van der Waals surface area contributed by atoms with Crippen LogP contribution in [0, 0.1) is 0 Å². The highest BCUT2D eigenvalue weighted by molar-refractivity contribution is 7.93. The summed E-state index contributed by atoms with van der Waals surface area (Å²) < 4.78 is 25.5. The van der Waals surface area contributed by atoms with Gasteiger partial charge in [-0.2, -0.15) is 0 Å². The van der Waals surface area contributed by atoms with E-state index in [1.54, 1.807) is 0 Å². The molecule has 1 saturated heterocycles.